The Morgan fingerprint density at radius 3 is 2.75 bits per heavy atom. The molecule has 1 nitrogen and oxygen atoms in total. The zero-order chi connectivity index (χ0) is 11.4. The number of thiophene rings is 1. The minimum absolute atomic E-state index is 0.497. The van der Waals surface area contributed by atoms with Crippen LogP contribution in [0.1, 0.15) is 35.8 Å². The van der Waals surface area contributed by atoms with Gasteiger partial charge >= 0.3 is 0 Å². The highest BCUT2D eigenvalue weighted by atomic mass is 79.9. The summed E-state index contributed by atoms with van der Waals surface area (Å²) in [5.74, 6) is 2.24. The highest BCUT2D eigenvalue weighted by Crippen LogP contribution is 2.38. The van der Waals surface area contributed by atoms with E-state index in [2.05, 4.69) is 28.1 Å². The number of hydrogen-bond acceptors (Lipinski definition) is 3. The van der Waals surface area contributed by atoms with Crippen molar-refractivity contribution in [3.63, 3.8) is 0 Å². The number of thioether (sulfide) groups is 1. The maximum atomic E-state index is 5.87. The Labute approximate surface area is 114 Å². The maximum Gasteiger partial charge on any atom is 0.0701 e. The first-order valence-electron chi connectivity index (χ1n) is 5.86. The number of hydrogen-bond donors (Lipinski definition) is 1. The van der Waals surface area contributed by atoms with E-state index in [4.69, 9.17) is 5.73 Å². The van der Waals surface area contributed by atoms with Crippen LogP contribution < -0.4 is 5.73 Å². The first-order valence-corrected chi connectivity index (χ1v) is 8.52. The summed E-state index contributed by atoms with van der Waals surface area (Å²) < 4.78 is 1.21. The molecule has 0 aliphatic heterocycles. The van der Waals surface area contributed by atoms with Crippen molar-refractivity contribution in [3.8, 4) is 0 Å². The van der Waals surface area contributed by atoms with Crippen LogP contribution in [-0.4, -0.2) is 12.3 Å². The lowest BCUT2D eigenvalue weighted by Gasteiger charge is -2.15. The molecule has 90 valence electrons. The summed E-state index contributed by atoms with van der Waals surface area (Å²) in [6, 6.07) is 4.33. The molecule has 0 saturated heterocycles. The van der Waals surface area contributed by atoms with Gasteiger partial charge in [0.05, 0.1) is 9.04 Å². The largest absolute Gasteiger partial charge is 0.329 e. The predicted octanol–water partition coefficient (Wildman–Crippen LogP) is 4.43. The van der Waals surface area contributed by atoms with E-state index in [9.17, 15) is 0 Å². The molecule has 1 unspecified atom stereocenters. The van der Waals surface area contributed by atoms with Crippen LogP contribution in [0.2, 0.25) is 0 Å². The van der Waals surface area contributed by atoms with Crippen LogP contribution in [0.25, 0.3) is 0 Å². The molecule has 1 atom stereocenters. The summed E-state index contributed by atoms with van der Waals surface area (Å²) >= 11 is 7.38. The van der Waals surface area contributed by atoms with E-state index in [0.717, 1.165) is 12.5 Å². The summed E-state index contributed by atoms with van der Waals surface area (Å²) in [5.41, 5.74) is 5.87. The highest BCUT2D eigenvalue weighted by Gasteiger charge is 2.18. The molecule has 0 radical (unpaired) electrons. The average molecular weight is 320 g/mol. The summed E-state index contributed by atoms with van der Waals surface area (Å²) in [7, 11) is 0. The van der Waals surface area contributed by atoms with Crippen LogP contribution in [0.4, 0.5) is 0 Å². The Bertz CT molecular complexity index is 321. The standard InChI is InChI=1S/C12H18BrNS2/c13-12-6-5-10(16-12)11(7-14)15-8-9-3-1-2-4-9/h5-6,9,11H,1-4,7-8,14H2. The van der Waals surface area contributed by atoms with Crippen LogP contribution in [-0.2, 0) is 0 Å². The molecule has 1 heterocycles. The molecule has 0 spiro atoms. The van der Waals surface area contributed by atoms with E-state index in [0.29, 0.717) is 5.25 Å². The van der Waals surface area contributed by atoms with Gasteiger partial charge in [0.1, 0.15) is 0 Å². The van der Waals surface area contributed by atoms with Crippen molar-refractivity contribution in [1.82, 2.24) is 0 Å². The third-order valence-corrected chi connectivity index (χ3v) is 6.53. The molecule has 0 aromatic carbocycles. The second kappa shape index (κ2) is 6.43. The topological polar surface area (TPSA) is 26.0 Å². The molecule has 0 bridgehead atoms. The fourth-order valence-corrected chi connectivity index (χ4v) is 5.18. The van der Waals surface area contributed by atoms with Gasteiger partial charge in [-0.15, -0.1) is 11.3 Å². The lowest BCUT2D eigenvalue weighted by atomic mass is 10.1. The van der Waals surface area contributed by atoms with Crippen LogP contribution >= 0.6 is 39.0 Å². The second-order valence-electron chi connectivity index (χ2n) is 4.35. The minimum atomic E-state index is 0.497. The van der Waals surface area contributed by atoms with Crippen LogP contribution in [0.3, 0.4) is 0 Å². The number of halogens is 1. The first-order chi connectivity index (χ1) is 7.79. The molecule has 1 saturated carbocycles. The van der Waals surface area contributed by atoms with Crippen LogP contribution in [0.15, 0.2) is 15.9 Å². The van der Waals surface area contributed by atoms with E-state index in [1.165, 1.54) is 40.1 Å². The van der Waals surface area contributed by atoms with Gasteiger partial charge < -0.3 is 5.73 Å². The molecule has 1 aromatic heterocycles. The SMILES string of the molecule is NCC(SCC1CCCC1)c1ccc(Br)s1. The Kier molecular flexibility index (Phi) is 5.20. The van der Waals surface area contributed by atoms with Crippen molar-refractivity contribution in [2.75, 3.05) is 12.3 Å². The summed E-state index contributed by atoms with van der Waals surface area (Å²) in [6.45, 7) is 0.754. The van der Waals surface area contributed by atoms with E-state index < -0.39 is 0 Å². The van der Waals surface area contributed by atoms with Crippen molar-refractivity contribution in [3.05, 3.63) is 20.8 Å². The van der Waals surface area contributed by atoms with Gasteiger partial charge in [-0.3, -0.25) is 0 Å². The Balaban J connectivity index is 1.85. The lowest BCUT2D eigenvalue weighted by Crippen LogP contribution is -2.10. The van der Waals surface area contributed by atoms with Gasteiger partial charge in [-0.25, -0.2) is 0 Å². The van der Waals surface area contributed by atoms with Crippen molar-refractivity contribution in [1.29, 1.82) is 0 Å². The third kappa shape index (κ3) is 3.49. The van der Waals surface area contributed by atoms with Crippen molar-refractivity contribution in [2.45, 2.75) is 30.9 Å². The summed E-state index contributed by atoms with van der Waals surface area (Å²) in [5, 5.41) is 0.497. The van der Waals surface area contributed by atoms with Crippen LogP contribution in [0, 0.1) is 5.92 Å². The fraction of sp³-hybridized carbons (Fsp3) is 0.667. The lowest BCUT2D eigenvalue weighted by molar-refractivity contribution is 0.622. The molecule has 2 rings (SSSR count). The zero-order valence-electron chi connectivity index (χ0n) is 9.32. The normalized spacial score (nSPS) is 19.1. The van der Waals surface area contributed by atoms with Gasteiger partial charge in [0.15, 0.2) is 0 Å². The summed E-state index contributed by atoms with van der Waals surface area (Å²) in [4.78, 5) is 1.41. The van der Waals surface area contributed by atoms with Crippen molar-refractivity contribution in [2.24, 2.45) is 11.7 Å². The molecular formula is C12H18BrNS2. The minimum Gasteiger partial charge on any atom is -0.329 e. The van der Waals surface area contributed by atoms with Crippen molar-refractivity contribution < 1.29 is 0 Å². The molecule has 0 amide bonds. The van der Waals surface area contributed by atoms with Gasteiger partial charge in [-0.1, -0.05) is 12.8 Å². The van der Waals surface area contributed by atoms with E-state index >= 15 is 0 Å². The Morgan fingerprint density at radius 1 is 1.44 bits per heavy atom. The Morgan fingerprint density at radius 2 is 2.19 bits per heavy atom. The fourth-order valence-electron chi connectivity index (χ4n) is 2.20. The van der Waals surface area contributed by atoms with Gasteiger partial charge in [0.2, 0.25) is 0 Å². The first kappa shape index (κ1) is 12.9. The molecule has 1 fully saturated rings. The van der Waals surface area contributed by atoms with Gasteiger partial charge in [0, 0.05) is 11.4 Å². The average Bonchev–Trinajstić information content (AvgIpc) is 2.91. The monoisotopic (exact) mass is 319 g/mol. The van der Waals surface area contributed by atoms with Crippen LogP contribution in [0.5, 0.6) is 0 Å². The number of nitrogens with two attached hydrogens (primary N) is 1. The zero-order valence-corrected chi connectivity index (χ0v) is 12.5. The quantitative estimate of drug-likeness (QED) is 0.868. The highest BCUT2D eigenvalue weighted by molar-refractivity contribution is 9.11. The van der Waals surface area contributed by atoms with Gasteiger partial charge in [-0.05, 0) is 52.6 Å². The van der Waals surface area contributed by atoms with E-state index in [-0.39, 0.29) is 0 Å². The van der Waals surface area contributed by atoms with Gasteiger partial charge in [-0.2, -0.15) is 11.8 Å². The Hall–Kier alpha value is 0.490. The number of rotatable bonds is 5. The van der Waals surface area contributed by atoms with E-state index in [1.54, 1.807) is 0 Å². The molecule has 4 heteroatoms. The predicted molar refractivity (Wildman–Crippen MR) is 78.2 cm³/mol. The maximum absolute atomic E-state index is 5.87. The summed E-state index contributed by atoms with van der Waals surface area (Å²) in [6.07, 6.45) is 5.73. The molecular weight excluding hydrogens is 302 g/mol. The molecule has 1 aliphatic rings. The molecule has 1 aliphatic carbocycles. The van der Waals surface area contributed by atoms with E-state index in [1.807, 2.05) is 23.1 Å². The smallest absolute Gasteiger partial charge is 0.0701 e. The molecule has 1 aromatic rings. The second-order valence-corrected chi connectivity index (χ2v) is 8.08. The van der Waals surface area contributed by atoms with Gasteiger partial charge in [0.25, 0.3) is 0 Å². The van der Waals surface area contributed by atoms with Crippen molar-refractivity contribution >= 4 is 39.0 Å². The molecule has 16 heavy (non-hydrogen) atoms. The molecule has 2 N–H and O–H groups in total. The third-order valence-electron chi connectivity index (χ3n) is 3.13.